The van der Waals surface area contributed by atoms with Gasteiger partial charge in [-0.2, -0.15) is 0 Å². The summed E-state index contributed by atoms with van der Waals surface area (Å²) < 4.78 is 25.2. The molecule has 0 saturated heterocycles. The van der Waals surface area contributed by atoms with Crippen LogP contribution in [0.25, 0.3) is 5.57 Å². The fourth-order valence-electron chi connectivity index (χ4n) is 2.48. The first-order chi connectivity index (χ1) is 10.1. The van der Waals surface area contributed by atoms with Gasteiger partial charge in [0.1, 0.15) is 0 Å². The van der Waals surface area contributed by atoms with Crippen LogP contribution in [0.4, 0.5) is 0 Å². The zero-order valence-corrected chi connectivity index (χ0v) is 11.8. The van der Waals surface area contributed by atoms with Crippen molar-refractivity contribution in [3.63, 3.8) is 0 Å². The number of carbonyl (C=O) groups is 1. The molecule has 0 bridgehead atoms. The minimum absolute atomic E-state index is 0.0428. The Morgan fingerprint density at radius 2 is 1.52 bits per heavy atom. The number of fused-ring (bicyclic) bond motifs is 1. The van der Waals surface area contributed by atoms with E-state index in [1.807, 2.05) is 0 Å². The van der Waals surface area contributed by atoms with Crippen molar-refractivity contribution in [2.45, 2.75) is 4.90 Å². The summed E-state index contributed by atoms with van der Waals surface area (Å²) in [6.45, 7) is -0.702. The smallest absolute Gasteiger partial charge is 0.206 e. The Balaban J connectivity index is 2.38. The van der Waals surface area contributed by atoms with Crippen LogP contribution in [0.3, 0.4) is 0 Å². The third kappa shape index (κ3) is 2.02. The molecule has 0 aliphatic carbocycles. The topological polar surface area (TPSA) is 71.4 Å². The van der Waals surface area contributed by atoms with Gasteiger partial charge in [-0.05, 0) is 17.7 Å². The highest BCUT2D eigenvalue weighted by atomic mass is 32.2. The maximum absolute atomic E-state index is 12.6. The van der Waals surface area contributed by atoms with Gasteiger partial charge in [-0.15, -0.1) is 0 Å². The Kier molecular flexibility index (Phi) is 3.23. The standard InChI is InChI=1S/C16H12O4S/c17-10-14-15(11-6-2-1-3-7-11)16(18)12-8-4-5-9-13(12)21(14,19)20/h1-9,17H,10H2. The van der Waals surface area contributed by atoms with Crippen LogP contribution in [0.15, 0.2) is 64.4 Å². The first-order valence-electron chi connectivity index (χ1n) is 6.35. The monoisotopic (exact) mass is 300 g/mol. The van der Waals surface area contributed by atoms with E-state index < -0.39 is 16.4 Å². The van der Waals surface area contributed by atoms with Gasteiger partial charge in [-0.25, -0.2) is 8.42 Å². The molecule has 0 spiro atoms. The Bertz CT molecular complexity index is 849. The van der Waals surface area contributed by atoms with Crippen molar-refractivity contribution in [3.05, 3.63) is 70.6 Å². The molecule has 0 unspecified atom stereocenters. The van der Waals surface area contributed by atoms with E-state index in [0.29, 0.717) is 5.56 Å². The van der Waals surface area contributed by atoms with Gasteiger partial charge >= 0.3 is 0 Å². The Hall–Kier alpha value is -2.24. The number of benzene rings is 2. The lowest BCUT2D eigenvalue weighted by atomic mass is 9.96. The number of ketones is 1. The number of aliphatic hydroxyl groups excluding tert-OH is 1. The van der Waals surface area contributed by atoms with Crippen molar-refractivity contribution >= 4 is 21.2 Å². The normalized spacial score (nSPS) is 16.7. The molecule has 21 heavy (non-hydrogen) atoms. The van der Waals surface area contributed by atoms with Crippen molar-refractivity contribution in [2.75, 3.05) is 6.61 Å². The largest absolute Gasteiger partial charge is 0.391 e. The van der Waals surface area contributed by atoms with E-state index in [9.17, 15) is 18.3 Å². The molecule has 2 aromatic carbocycles. The Labute approximate surface area is 122 Å². The number of carbonyl (C=O) groups excluding carboxylic acids is 1. The van der Waals surface area contributed by atoms with Gasteiger partial charge in [0, 0.05) is 11.1 Å². The molecule has 5 heteroatoms. The molecular formula is C16H12O4S. The molecule has 1 N–H and O–H groups in total. The third-order valence-corrected chi connectivity index (χ3v) is 5.37. The van der Waals surface area contributed by atoms with Gasteiger partial charge in [0.05, 0.1) is 16.4 Å². The summed E-state index contributed by atoms with van der Waals surface area (Å²) in [7, 11) is -3.85. The van der Waals surface area contributed by atoms with Gasteiger partial charge in [-0.1, -0.05) is 42.5 Å². The molecule has 0 atom stereocenters. The quantitative estimate of drug-likeness (QED) is 0.921. The number of hydrogen-bond acceptors (Lipinski definition) is 4. The van der Waals surface area contributed by atoms with Gasteiger partial charge in [-0.3, -0.25) is 4.79 Å². The number of Topliss-reactive ketones (excluding diaryl/α,β-unsaturated/α-hetero) is 1. The second kappa shape index (κ2) is 4.95. The van der Waals surface area contributed by atoms with Crippen LogP contribution < -0.4 is 0 Å². The SMILES string of the molecule is O=C1C(c2ccccc2)=C(CO)S(=O)(=O)c2ccccc21. The molecule has 2 aromatic rings. The van der Waals surface area contributed by atoms with Gasteiger partial charge in [0.25, 0.3) is 0 Å². The van der Waals surface area contributed by atoms with E-state index in [-0.39, 0.29) is 26.7 Å². The Morgan fingerprint density at radius 3 is 2.19 bits per heavy atom. The molecule has 0 fully saturated rings. The molecule has 4 nitrogen and oxygen atoms in total. The third-order valence-electron chi connectivity index (χ3n) is 3.46. The average Bonchev–Trinajstić information content (AvgIpc) is 2.51. The van der Waals surface area contributed by atoms with Crippen LogP contribution in [0.5, 0.6) is 0 Å². The summed E-state index contributed by atoms with van der Waals surface area (Å²) in [5.74, 6) is -0.379. The predicted molar refractivity (Wildman–Crippen MR) is 78.4 cm³/mol. The van der Waals surface area contributed by atoms with Crippen LogP contribution in [0, 0.1) is 0 Å². The summed E-state index contributed by atoms with van der Waals surface area (Å²) in [4.78, 5) is 12.4. The minimum atomic E-state index is -3.85. The maximum atomic E-state index is 12.6. The van der Waals surface area contributed by atoms with E-state index in [2.05, 4.69) is 0 Å². The molecule has 0 amide bonds. The fourth-order valence-corrected chi connectivity index (χ4v) is 4.10. The van der Waals surface area contributed by atoms with Gasteiger partial charge < -0.3 is 5.11 Å². The van der Waals surface area contributed by atoms with E-state index in [4.69, 9.17) is 0 Å². The second-order valence-corrected chi connectivity index (χ2v) is 6.59. The van der Waals surface area contributed by atoms with Crippen molar-refractivity contribution in [2.24, 2.45) is 0 Å². The van der Waals surface area contributed by atoms with Crippen LogP contribution in [0.1, 0.15) is 15.9 Å². The lowest BCUT2D eigenvalue weighted by Crippen LogP contribution is -2.23. The van der Waals surface area contributed by atoms with E-state index in [1.54, 1.807) is 42.5 Å². The molecule has 0 saturated carbocycles. The molecule has 1 aliphatic rings. The number of sulfone groups is 1. The summed E-state index contributed by atoms with van der Waals surface area (Å²) in [6, 6.07) is 14.6. The molecule has 1 heterocycles. The number of rotatable bonds is 2. The van der Waals surface area contributed by atoms with Crippen LogP contribution >= 0.6 is 0 Å². The van der Waals surface area contributed by atoms with E-state index >= 15 is 0 Å². The molecular weight excluding hydrogens is 288 g/mol. The van der Waals surface area contributed by atoms with Gasteiger partial charge in [0.2, 0.25) is 9.84 Å². The average molecular weight is 300 g/mol. The highest BCUT2D eigenvalue weighted by Gasteiger charge is 2.36. The van der Waals surface area contributed by atoms with E-state index in [1.165, 1.54) is 12.1 Å². The van der Waals surface area contributed by atoms with Crippen molar-refractivity contribution in [3.8, 4) is 0 Å². The summed E-state index contributed by atoms with van der Waals surface area (Å²) in [5, 5.41) is 9.51. The van der Waals surface area contributed by atoms with Gasteiger partial charge in [0.15, 0.2) is 5.78 Å². The zero-order valence-electron chi connectivity index (χ0n) is 11.0. The maximum Gasteiger partial charge on any atom is 0.206 e. The van der Waals surface area contributed by atoms with Crippen LogP contribution in [0.2, 0.25) is 0 Å². The highest BCUT2D eigenvalue weighted by Crippen LogP contribution is 2.37. The predicted octanol–water partition coefficient (Wildman–Crippen LogP) is 2.06. The lowest BCUT2D eigenvalue weighted by molar-refractivity contribution is 0.105. The summed E-state index contributed by atoms with van der Waals surface area (Å²) in [5.41, 5.74) is 0.690. The first-order valence-corrected chi connectivity index (χ1v) is 7.84. The van der Waals surface area contributed by atoms with Crippen LogP contribution in [-0.4, -0.2) is 25.9 Å². The number of hydrogen-bond donors (Lipinski definition) is 1. The summed E-state index contributed by atoms with van der Waals surface area (Å²) >= 11 is 0. The number of aliphatic hydroxyl groups is 1. The first kappa shape index (κ1) is 13.7. The molecule has 106 valence electrons. The second-order valence-electron chi connectivity index (χ2n) is 4.65. The van der Waals surface area contributed by atoms with Crippen molar-refractivity contribution < 1.29 is 18.3 Å². The van der Waals surface area contributed by atoms with Crippen LogP contribution in [-0.2, 0) is 9.84 Å². The lowest BCUT2D eigenvalue weighted by Gasteiger charge is -2.21. The fraction of sp³-hybridized carbons (Fsp3) is 0.0625. The number of allylic oxidation sites excluding steroid dienone is 1. The van der Waals surface area contributed by atoms with Crippen molar-refractivity contribution in [1.29, 1.82) is 0 Å². The molecule has 1 aliphatic heterocycles. The molecule has 0 aromatic heterocycles. The zero-order chi connectivity index (χ0) is 15.0. The summed E-state index contributed by atoms with van der Waals surface area (Å²) in [6.07, 6.45) is 0. The molecule has 3 rings (SSSR count). The highest BCUT2D eigenvalue weighted by molar-refractivity contribution is 7.95. The molecule has 0 radical (unpaired) electrons. The minimum Gasteiger partial charge on any atom is -0.391 e. The Morgan fingerprint density at radius 1 is 0.905 bits per heavy atom. The van der Waals surface area contributed by atoms with E-state index in [0.717, 1.165) is 0 Å². The van der Waals surface area contributed by atoms with Crippen molar-refractivity contribution in [1.82, 2.24) is 0 Å².